The lowest BCUT2D eigenvalue weighted by molar-refractivity contribution is 0.0699. The Kier molecular flexibility index (Phi) is 3.47. The molecule has 2 aromatic carbocycles. The number of nitrogens with zero attached hydrogens (tertiary/aromatic N) is 1. The lowest BCUT2D eigenvalue weighted by atomic mass is 10.0. The molecule has 0 unspecified atom stereocenters. The smallest absolute Gasteiger partial charge is 0.336 e. The summed E-state index contributed by atoms with van der Waals surface area (Å²) in [6.07, 6.45) is 0. The molecule has 21 heavy (non-hydrogen) atoms. The summed E-state index contributed by atoms with van der Waals surface area (Å²) in [4.78, 5) is 16.1. The van der Waals surface area contributed by atoms with Gasteiger partial charge in [0.05, 0.1) is 16.8 Å². The van der Waals surface area contributed by atoms with Crippen LogP contribution < -0.4 is 0 Å². The monoisotopic (exact) mass is 341 g/mol. The van der Waals surface area contributed by atoms with Crippen LogP contribution >= 0.6 is 15.9 Å². The van der Waals surface area contributed by atoms with Crippen molar-refractivity contribution in [3.8, 4) is 11.3 Å². The number of fused-ring (bicyclic) bond motifs is 1. The fraction of sp³-hybridized carbons (Fsp3) is 0.0588. The highest BCUT2D eigenvalue weighted by Gasteiger charge is 2.15. The van der Waals surface area contributed by atoms with Crippen molar-refractivity contribution >= 4 is 32.8 Å². The van der Waals surface area contributed by atoms with Gasteiger partial charge in [-0.25, -0.2) is 9.78 Å². The Labute approximate surface area is 130 Å². The molecule has 0 saturated carbocycles. The van der Waals surface area contributed by atoms with Crippen LogP contribution in [0.1, 0.15) is 15.9 Å². The van der Waals surface area contributed by atoms with Crippen molar-refractivity contribution in [3.05, 3.63) is 64.1 Å². The van der Waals surface area contributed by atoms with Gasteiger partial charge in [-0.2, -0.15) is 0 Å². The van der Waals surface area contributed by atoms with Crippen LogP contribution in [0.25, 0.3) is 22.2 Å². The number of aromatic carboxylic acids is 1. The zero-order chi connectivity index (χ0) is 15.0. The van der Waals surface area contributed by atoms with Gasteiger partial charge in [0.2, 0.25) is 0 Å². The number of benzene rings is 2. The summed E-state index contributed by atoms with van der Waals surface area (Å²) in [6.45, 7) is 2.01. The molecule has 0 bridgehead atoms. The highest BCUT2D eigenvalue weighted by molar-refractivity contribution is 9.10. The lowest BCUT2D eigenvalue weighted by Crippen LogP contribution is -2.00. The Morgan fingerprint density at radius 2 is 1.86 bits per heavy atom. The Morgan fingerprint density at radius 3 is 2.52 bits per heavy atom. The second-order valence-electron chi connectivity index (χ2n) is 4.86. The van der Waals surface area contributed by atoms with E-state index in [2.05, 4.69) is 20.9 Å². The minimum atomic E-state index is -0.956. The number of pyridine rings is 1. The number of aryl methyl sites for hydroxylation is 1. The van der Waals surface area contributed by atoms with E-state index in [-0.39, 0.29) is 5.56 Å². The quantitative estimate of drug-likeness (QED) is 0.736. The van der Waals surface area contributed by atoms with Crippen LogP contribution in [0.4, 0.5) is 0 Å². The molecule has 0 radical (unpaired) electrons. The van der Waals surface area contributed by atoms with Gasteiger partial charge in [0.15, 0.2) is 0 Å². The SMILES string of the molecule is Cc1ccc(-c2cc(C(=O)O)c3c(Br)cccc3n2)cc1. The standard InChI is InChI=1S/C17H12BrNO2/c1-10-5-7-11(8-6-10)15-9-12(17(20)21)16-13(18)3-2-4-14(16)19-15/h2-9H,1H3,(H,20,21). The van der Waals surface area contributed by atoms with Crippen molar-refractivity contribution in [2.24, 2.45) is 0 Å². The molecule has 1 heterocycles. The minimum absolute atomic E-state index is 0.253. The minimum Gasteiger partial charge on any atom is -0.478 e. The molecule has 0 atom stereocenters. The van der Waals surface area contributed by atoms with Crippen molar-refractivity contribution < 1.29 is 9.90 Å². The molecule has 1 N–H and O–H groups in total. The third kappa shape index (κ3) is 2.54. The predicted molar refractivity (Wildman–Crippen MR) is 86.6 cm³/mol. The maximum atomic E-state index is 11.6. The number of carboxylic acids is 1. The molecule has 0 aliphatic rings. The molecule has 0 saturated heterocycles. The molecule has 3 aromatic rings. The van der Waals surface area contributed by atoms with Crippen LogP contribution in [0, 0.1) is 6.92 Å². The third-order valence-corrected chi connectivity index (χ3v) is 4.02. The fourth-order valence-electron chi connectivity index (χ4n) is 2.28. The van der Waals surface area contributed by atoms with E-state index < -0.39 is 5.97 Å². The topological polar surface area (TPSA) is 50.2 Å². The van der Waals surface area contributed by atoms with Gasteiger partial charge >= 0.3 is 5.97 Å². The average molecular weight is 342 g/mol. The first-order chi connectivity index (χ1) is 10.1. The summed E-state index contributed by atoms with van der Waals surface area (Å²) in [5.74, 6) is -0.956. The number of carbonyl (C=O) groups is 1. The number of hydrogen-bond donors (Lipinski definition) is 1. The van der Waals surface area contributed by atoms with Crippen LogP contribution in [0.5, 0.6) is 0 Å². The number of aromatic nitrogens is 1. The first-order valence-electron chi connectivity index (χ1n) is 6.46. The van der Waals surface area contributed by atoms with Crippen molar-refractivity contribution in [3.63, 3.8) is 0 Å². The van der Waals surface area contributed by atoms with Gasteiger partial charge in [-0.05, 0) is 25.1 Å². The average Bonchev–Trinajstić information content (AvgIpc) is 2.47. The van der Waals surface area contributed by atoms with E-state index in [4.69, 9.17) is 0 Å². The van der Waals surface area contributed by atoms with E-state index in [9.17, 15) is 9.90 Å². The first kappa shape index (κ1) is 13.8. The van der Waals surface area contributed by atoms with Crippen LogP contribution in [0.15, 0.2) is 53.0 Å². The van der Waals surface area contributed by atoms with Crippen molar-refractivity contribution in [1.82, 2.24) is 4.98 Å². The second kappa shape index (κ2) is 5.30. The Balaban J connectivity index is 2.31. The van der Waals surface area contributed by atoms with Gasteiger partial charge < -0.3 is 5.11 Å². The van der Waals surface area contributed by atoms with E-state index in [1.807, 2.05) is 49.4 Å². The third-order valence-electron chi connectivity index (χ3n) is 3.36. The summed E-state index contributed by atoms with van der Waals surface area (Å²) in [7, 11) is 0. The summed E-state index contributed by atoms with van der Waals surface area (Å²) in [5, 5.41) is 10.1. The second-order valence-corrected chi connectivity index (χ2v) is 5.71. The highest BCUT2D eigenvalue weighted by atomic mass is 79.9. The van der Waals surface area contributed by atoms with Crippen LogP contribution in [0.2, 0.25) is 0 Å². The van der Waals surface area contributed by atoms with Crippen molar-refractivity contribution in [2.75, 3.05) is 0 Å². The summed E-state index contributed by atoms with van der Waals surface area (Å²) in [5.41, 5.74) is 3.65. The molecule has 1 aromatic heterocycles. The predicted octanol–water partition coefficient (Wildman–Crippen LogP) is 4.67. The van der Waals surface area contributed by atoms with Gasteiger partial charge in [-0.3, -0.25) is 0 Å². The number of hydrogen-bond acceptors (Lipinski definition) is 2. The molecule has 3 nitrogen and oxygen atoms in total. The van der Waals surface area contributed by atoms with Crippen molar-refractivity contribution in [2.45, 2.75) is 6.92 Å². The molecule has 0 fully saturated rings. The molecule has 3 rings (SSSR count). The van der Waals surface area contributed by atoms with Gasteiger partial charge in [0.1, 0.15) is 0 Å². The Morgan fingerprint density at radius 1 is 1.14 bits per heavy atom. The van der Waals surface area contributed by atoms with Gasteiger partial charge in [0.25, 0.3) is 0 Å². The molecular formula is C17H12BrNO2. The maximum Gasteiger partial charge on any atom is 0.336 e. The summed E-state index contributed by atoms with van der Waals surface area (Å²) in [6, 6.07) is 15.0. The molecule has 0 aliphatic heterocycles. The van der Waals surface area contributed by atoms with Crippen molar-refractivity contribution in [1.29, 1.82) is 0 Å². The largest absolute Gasteiger partial charge is 0.478 e. The van der Waals surface area contributed by atoms with Gasteiger partial charge in [-0.1, -0.05) is 51.8 Å². The van der Waals surface area contributed by atoms with Crippen LogP contribution in [0.3, 0.4) is 0 Å². The number of rotatable bonds is 2. The number of carboxylic acid groups (broad SMARTS) is 1. The summed E-state index contributed by atoms with van der Waals surface area (Å²) < 4.78 is 0.736. The highest BCUT2D eigenvalue weighted by Crippen LogP contribution is 2.30. The van der Waals surface area contributed by atoms with Gasteiger partial charge in [0, 0.05) is 15.4 Å². The normalized spacial score (nSPS) is 10.8. The molecule has 0 spiro atoms. The fourth-order valence-corrected chi connectivity index (χ4v) is 2.85. The molecule has 0 aliphatic carbocycles. The van der Waals surface area contributed by atoms with E-state index in [1.54, 1.807) is 6.07 Å². The van der Waals surface area contributed by atoms with E-state index in [0.717, 1.165) is 15.6 Å². The molecule has 4 heteroatoms. The van der Waals surface area contributed by atoms with E-state index >= 15 is 0 Å². The molecule has 0 amide bonds. The van der Waals surface area contributed by atoms with Crippen LogP contribution in [-0.4, -0.2) is 16.1 Å². The zero-order valence-electron chi connectivity index (χ0n) is 11.3. The Hall–Kier alpha value is -2.20. The van der Waals surface area contributed by atoms with E-state index in [1.165, 1.54) is 0 Å². The van der Waals surface area contributed by atoms with Crippen LogP contribution in [-0.2, 0) is 0 Å². The number of halogens is 1. The van der Waals surface area contributed by atoms with E-state index in [0.29, 0.717) is 16.6 Å². The summed E-state index contributed by atoms with van der Waals surface area (Å²) >= 11 is 3.40. The maximum absolute atomic E-state index is 11.6. The molecule has 104 valence electrons. The first-order valence-corrected chi connectivity index (χ1v) is 7.25. The molecular weight excluding hydrogens is 330 g/mol. The van der Waals surface area contributed by atoms with Gasteiger partial charge in [-0.15, -0.1) is 0 Å². The Bertz CT molecular complexity index is 841. The zero-order valence-corrected chi connectivity index (χ0v) is 12.9. The lowest BCUT2D eigenvalue weighted by Gasteiger charge is -2.08.